The Kier molecular flexibility index (Phi) is 2.26. The minimum Gasteiger partial charge on any atom is -0.481 e. The second-order valence-corrected chi connectivity index (χ2v) is 4.70. The lowest BCUT2D eigenvalue weighted by Gasteiger charge is -2.16. The number of benzene rings is 1. The summed E-state index contributed by atoms with van der Waals surface area (Å²) in [5, 5.41) is 10.2. The third-order valence-electron chi connectivity index (χ3n) is 2.99. The summed E-state index contributed by atoms with van der Waals surface area (Å²) < 4.78 is 0. The maximum Gasteiger partial charge on any atom is 0.315 e. The second kappa shape index (κ2) is 3.37. The standard InChI is InChI=1S/C13H15NO2/c1-8-4-5-9-7-11(14-10(9)6-8)13(2,3)12(15)16/h4-7,14H,1-3H3,(H,15,16). The average Bonchev–Trinajstić information content (AvgIpc) is 2.60. The van der Waals surface area contributed by atoms with Gasteiger partial charge in [-0.05, 0) is 43.9 Å². The summed E-state index contributed by atoms with van der Waals surface area (Å²) in [7, 11) is 0. The third kappa shape index (κ3) is 1.58. The molecule has 3 nitrogen and oxygen atoms in total. The molecule has 0 aliphatic heterocycles. The molecule has 1 aromatic carbocycles. The molecule has 0 spiro atoms. The summed E-state index contributed by atoms with van der Waals surface area (Å²) >= 11 is 0. The van der Waals surface area contributed by atoms with Gasteiger partial charge >= 0.3 is 5.97 Å². The Bertz CT molecular complexity index is 552. The highest BCUT2D eigenvalue weighted by Gasteiger charge is 2.30. The van der Waals surface area contributed by atoms with E-state index in [1.165, 1.54) is 0 Å². The topological polar surface area (TPSA) is 53.1 Å². The van der Waals surface area contributed by atoms with Gasteiger partial charge in [0, 0.05) is 11.2 Å². The Hall–Kier alpha value is -1.77. The maximum atomic E-state index is 11.1. The summed E-state index contributed by atoms with van der Waals surface area (Å²) in [6.45, 7) is 5.42. The van der Waals surface area contributed by atoms with Gasteiger partial charge in [-0.2, -0.15) is 0 Å². The van der Waals surface area contributed by atoms with Crippen LogP contribution in [-0.4, -0.2) is 16.1 Å². The van der Waals surface area contributed by atoms with Crippen molar-refractivity contribution >= 4 is 16.9 Å². The fourth-order valence-electron chi connectivity index (χ4n) is 1.69. The monoisotopic (exact) mass is 217 g/mol. The summed E-state index contributed by atoms with van der Waals surface area (Å²) in [5.74, 6) is -0.823. The first-order chi connectivity index (χ1) is 7.41. The van der Waals surface area contributed by atoms with Gasteiger partial charge in [-0.3, -0.25) is 4.79 Å². The molecular weight excluding hydrogens is 202 g/mol. The number of aryl methyl sites for hydroxylation is 1. The fraction of sp³-hybridized carbons (Fsp3) is 0.308. The number of hydrogen-bond donors (Lipinski definition) is 2. The van der Waals surface area contributed by atoms with E-state index in [1.54, 1.807) is 13.8 Å². The SMILES string of the molecule is Cc1ccc2cc(C(C)(C)C(=O)O)[nH]c2c1. The molecule has 0 aliphatic rings. The molecule has 0 unspecified atom stereocenters. The Morgan fingerprint density at radius 3 is 2.62 bits per heavy atom. The molecule has 0 radical (unpaired) electrons. The van der Waals surface area contributed by atoms with Gasteiger partial charge in [0.15, 0.2) is 0 Å². The molecule has 16 heavy (non-hydrogen) atoms. The van der Waals surface area contributed by atoms with Crippen LogP contribution in [0.15, 0.2) is 24.3 Å². The summed E-state index contributed by atoms with van der Waals surface area (Å²) in [6, 6.07) is 7.95. The molecule has 0 bridgehead atoms. The van der Waals surface area contributed by atoms with Gasteiger partial charge in [0.2, 0.25) is 0 Å². The first-order valence-electron chi connectivity index (χ1n) is 5.24. The number of carboxylic acid groups (broad SMARTS) is 1. The zero-order valence-electron chi connectivity index (χ0n) is 9.66. The van der Waals surface area contributed by atoms with Crippen molar-refractivity contribution in [1.29, 1.82) is 0 Å². The van der Waals surface area contributed by atoms with Crippen LogP contribution in [0.4, 0.5) is 0 Å². The van der Waals surface area contributed by atoms with E-state index in [-0.39, 0.29) is 0 Å². The number of fused-ring (bicyclic) bond motifs is 1. The smallest absolute Gasteiger partial charge is 0.315 e. The van der Waals surface area contributed by atoms with E-state index in [1.807, 2.05) is 31.2 Å². The van der Waals surface area contributed by atoms with Crippen molar-refractivity contribution in [2.45, 2.75) is 26.2 Å². The Labute approximate surface area is 94.1 Å². The molecule has 0 fully saturated rings. The van der Waals surface area contributed by atoms with E-state index in [2.05, 4.69) is 4.98 Å². The molecule has 0 amide bonds. The van der Waals surface area contributed by atoms with Crippen molar-refractivity contribution in [1.82, 2.24) is 4.98 Å². The number of H-pyrrole nitrogens is 1. The van der Waals surface area contributed by atoms with E-state index in [9.17, 15) is 4.79 Å². The van der Waals surface area contributed by atoms with Crippen LogP contribution in [0.5, 0.6) is 0 Å². The Balaban J connectivity index is 2.59. The van der Waals surface area contributed by atoms with Gasteiger partial charge in [0.05, 0.1) is 0 Å². The minimum atomic E-state index is -0.882. The number of hydrogen-bond acceptors (Lipinski definition) is 1. The number of aromatic amines is 1. The van der Waals surface area contributed by atoms with Crippen LogP contribution < -0.4 is 0 Å². The molecule has 1 heterocycles. The lowest BCUT2D eigenvalue weighted by molar-refractivity contribution is -0.142. The van der Waals surface area contributed by atoms with Crippen LogP contribution in [0.3, 0.4) is 0 Å². The molecule has 0 saturated heterocycles. The van der Waals surface area contributed by atoms with Crippen molar-refractivity contribution in [3.8, 4) is 0 Å². The predicted molar refractivity (Wildman–Crippen MR) is 63.7 cm³/mol. The van der Waals surface area contributed by atoms with Crippen molar-refractivity contribution in [2.24, 2.45) is 0 Å². The van der Waals surface area contributed by atoms with Gasteiger partial charge in [0.25, 0.3) is 0 Å². The Morgan fingerprint density at radius 1 is 1.31 bits per heavy atom. The van der Waals surface area contributed by atoms with Gasteiger partial charge in [0.1, 0.15) is 5.41 Å². The average molecular weight is 217 g/mol. The van der Waals surface area contributed by atoms with Crippen LogP contribution >= 0.6 is 0 Å². The molecule has 0 saturated carbocycles. The number of aliphatic carboxylic acids is 1. The van der Waals surface area contributed by atoms with E-state index < -0.39 is 11.4 Å². The lowest BCUT2D eigenvalue weighted by atomic mass is 9.90. The molecule has 0 aliphatic carbocycles. The number of aromatic nitrogens is 1. The molecule has 2 aromatic rings. The second-order valence-electron chi connectivity index (χ2n) is 4.70. The highest BCUT2D eigenvalue weighted by molar-refractivity contribution is 5.86. The number of nitrogens with one attached hydrogen (secondary N) is 1. The van der Waals surface area contributed by atoms with Crippen LogP contribution in [0, 0.1) is 6.92 Å². The van der Waals surface area contributed by atoms with Gasteiger partial charge < -0.3 is 10.1 Å². The lowest BCUT2D eigenvalue weighted by Crippen LogP contribution is -2.28. The maximum absolute atomic E-state index is 11.1. The van der Waals surface area contributed by atoms with Crippen molar-refractivity contribution in [3.05, 3.63) is 35.5 Å². The zero-order chi connectivity index (χ0) is 11.9. The minimum absolute atomic E-state index is 0.737. The number of rotatable bonds is 2. The largest absolute Gasteiger partial charge is 0.481 e. The number of carboxylic acids is 1. The molecule has 1 aromatic heterocycles. The first kappa shape index (κ1) is 10.7. The van der Waals surface area contributed by atoms with Crippen LogP contribution in [0.25, 0.3) is 10.9 Å². The molecule has 3 heteroatoms. The van der Waals surface area contributed by atoms with E-state index >= 15 is 0 Å². The van der Waals surface area contributed by atoms with Crippen molar-refractivity contribution < 1.29 is 9.90 Å². The summed E-state index contributed by atoms with van der Waals surface area (Å²) in [4.78, 5) is 14.3. The first-order valence-corrected chi connectivity index (χ1v) is 5.24. The van der Waals surface area contributed by atoms with Crippen molar-refractivity contribution in [3.63, 3.8) is 0 Å². The van der Waals surface area contributed by atoms with Gasteiger partial charge in [-0.25, -0.2) is 0 Å². The van der Waals surface area contributed by atoms with E-state index in [4.69, 9.17) is 5.11 Å². The quantitative estimate of drug-likeness (QED) is 0.812. The van der Waals surface area contributed by atoms with Crippen LogP contribution in [-0.2, 0) is 10.2 Å². The fourth-order valence-corrected chi connectivity index (χ4v) is 1.69. The van der Waals surface area contributed by atoms with Gasteiger partial charge in [-0.1, -0.05) is 12.1 Å². The summed E-state index contributed by atoms with van der Waals surface area (Å²) in [5.41, 5.74) is 2.01. The van der Waals surface area contributed by atoms with Crippen LogP contribution in [0.1, 0.15) is 25.1 Å². The van der Waals surface area contributed by atoms with Crippen LogP contribution in [0.2, 0.25) is 0 Å². The highest BCUT2D eigenvalue weighted by Crippen LogP contribution is 2.27. The molecule has 84 valence electrons. The van der Waals surface area contributed by atoms with E-state index in [0.717, 1.165) is 22.2 Å². The molecular formula is C13H15NO2. The zero-order valence-corrected chi connectivity index (χ0v) is 9.66. The van der Waals surface area contributed by atoms with Crippen molar-refractivity contribution in [2.75, 3.05) is 0 Å². The summed E-state index contributed by atoms with van der Waals surface area (Å²) in [6.07, 6.45) is 0. The molecule has 2 rings (SSSR count). The van der Waals surface area contributed by atoms with Gasteiger partial charge in [-0.15, -0.1) is 0 Å². The third-order valence-corrected chi connectivity index (χ3v) is 2.99. The predicted octanol–water partition coefficient (Wildman–Crippen LogP) is 2.84. The highest BCUT2D eigenvalue weighted by atomic mass is 16.4. The Morgan fingerprint density at radius 2 is 2.00 bits per heavy atom. The normalized spacial score (nSPS) is 11.9. The number of carbonyl (C=O) groups is 1. The molecule has 2 N–H and O–H groups in total. The molecule has 0 atom stereocenters. The van der Waals surface area contributed by atoms with E-state index in [0.29, 0.717) is 0 Å².